The smallest absolute Gasteiger partial charge is 0.150 e. The number of hydrogen-bond acceptors (Lipinski definition) is 2. The van der Waals surface area contributed by atoms with Gasteiger partial charge in [-0.15, -0.1) is 0 Å². The summed E-state index contributed by atoms with van der Waals surface area (Å²) in [6.45, 7) is 0. The Morgan fingerprint density at radius 1 is 1.00 bits per heavy atom. The summed E-state index contributed by atoms with van der Waals surface area (Å²) in [4.78, 5) is 0. The first-order valence-corrected chi connectivity index (χ1v) is 6.37. The lowest BCUT2D eigenvalue weighted by molar-refractivity contribution is 0.395. The molecular weight excluding hydrogens is 172 g/mol. The first-order valence-electron chi connectivity index (χ1n) is 4.54. The monoisotopic (exact) mass is 184 g/mol. The van der Waals surface area contributed by atoms with Crippen molar-refractivity contribution in [2.75, 3.05) is 11.5 Å². The topological polar surface area (TPSA) is 34.1 Å². The molecule has 3 heteroatoms. The molecule has 1 aliphatic heterocycles. The SMILES string of the molecule is O=S1(=O)C[C@@H]2[C@@H](C1)[C@H]1C=C[C@H]2C1. The molecule has 0 aromatic carbocycles. The van der Waals surface area contributed by atoms with Crippen LogP contribution in [0.4, 0.5) is 0 Å². The highest BCUT2D eigenvalue weighted by Crippen LogP contribution is 2.51. The fraction of sp³-hybridized carbons (Fsp3) is 0.778. The largest absolute Gasteiger partial charge is 0.229 e. The van der Waals surface area contributed by atoms with E-state index in [1.54, 1.807) is 0 Å². The molecule has 0 N–H and O–H groups in total. The highest BCUT2D eigenvalue weighted by Gasteiger charge is 2.51. The second kappa shape index (κ2) is 1.95. The molecule has 1 heterocycles. The summed E-state index contributed by atoms with van der Waals surface area (Å²) in [6.07, 6.45) is 5.68. The van der Waals surface area contributed by atoms with Gasteiger partial charge in [-0.05, 0) is 30.1 Å². The minimum absolute atomic E-state index is 0.461. The van der Waals surface area contributed by atoms with Crippen molar-refractivity contribution in [2.45, 2.75) is 6.42 Å². The average molecular weight is 184 g/mol. The van der Waals surface area contributed by atoms with Gasteiger partial charge in [0.1, 0.15) is 0 Å². The molecular formula is C9H12O2S. The molecule has 2 aliphatic carbocycles. The van der Waals surface area contributed by atoms with Gasteiger partial charge >= 0.3 is 0 Å². The van der Waals surface area contributed by atoms with Crippen molar-refractivity contribution >= 4 is 9.84 Å². The Morgan fingerprint density at radius 3 is 2.00 bits per heavy atom. The van der Waals surface area contributed by atoms with E-state index in [0.717, 1.165) is 0 Å². The van der Waals surface area contributed by atoms with Gasteiger partial charge in [-0.2, -0.15) is 0 Å². The van der Waals surface area contributed by atoms with Crippen molar-refractivity contribution < 1.29 is 8.42 Å². The number of rotatable bonds is 0. The molecule has 0 aromatic heterocycles. The lowest BCUT2D eigenvalue weighted by Gasteiger charge is -2.17. The van der Waals surface area contributed by atoms with Gasteiger partial charge in [-0.25, -0.2) is 8.42 Å². The molecule has 2 nitrogen and oxygen atoms in total. The van der Waals surface area contributed by atoms with E-state index in [2.05, 4.69) is 12.2 Å². The van der Waals surface area contributed by atoms with Crippen LogP contribution in [0.5, 0.6) is 0 Å². The van der Waals surface area contributed by atoms with Crippen molar-refractivity contribution in [3.63, 3.8) is 0 Å². The maximum Gasteiger partial charge on any atom is 0.150 e. The molecule has 2 bridgehead atoms. The predicted octanol–water partition coefficient (Wildman–Crippen LogP) is 0.853. The standard InChI is InChI=1S/C9H12O2S/c10-12(11)4-8-6-1-2-7(3-6)9(8)5-12/h1-2,6-9H,3-5H2/t6-,7-,8-,9-/m0/s1. The number of allylic oxidation sites excluding steroid dienone is 2. The quantitative estimate of drug-likeness (QED) is 0.523. The van der Waals surface area contributed by atoms with Crippen molar-refractivity contribution in [1.82, 2.24) is 0 Å². The molecule has 3 rings (SSSR count). The van der Waals surface area contributed by atoms with Crippen molar-refractivity contribution in [3.05, 3.63) is 12.2 Å². The number of fused-ring (bicyclic) bond motifs is 5. The summed E-state index contributed by atoms with van der Waals surface area (Å²) in [5.74, 6) is 3.07. The average Bonchev–Trinajstić information content (AvgIpc) is 2.54. The zero-order chi connectivity index (χ0) is 8.34. The summed E-state index contributed by atoms with van der Waals surface area (Å²) in [6, 6.07) is 0. The van der Waals surface area contributed by atoms with E-state index in [1.807, 2.05) is 0 Å². The molecule has 66 valence electrons. The summed E-state index contributed by atoms with van der Waals surface area (Å²) >= 11 is 0. The van der Waals surface area contributed by atoms with E-state index < -0.39 is 9.84 Å². The third-order valence-corrected chi connectivity index (χ3v) is 5.48. The van der Waals surface area contributed by atoms with E-state index in [9.17, 15) is 8.42 Å². The van der Waals surface area contributed by atoms with Gasteiger partial charge in [0.05, 0.1) is 11.5 Å². The third-order valence-electron chi connectivity index (χ3n) is 3.69. The zero-order valence-corrected chi connectivity index (χ0v) is 7.63. The van der Waals surface area contributed by atoms with Gasteiger partial charge in [-0.1, -0.05) is 12.2 Å². The Bertz CT molecular complexity index is 316. The van der Waals surface area contributed by atoms with Gasteiger partial charge in [0.15, 0.2) is 9.84 Å². The molecule has 2 fully saturated rings. The second-order valence-corrected chi connectivity index (χ2v) is 6.51. The highest BCUT2D eigenvalue weighted by atomic mass is 32.2. The number of hydrogen-bond donors (Lipinski definition) is 0. The Kier molecular flexibility index (Phi) is 1.16. The van der Waals surface area contributed by atoms with Crippen LogP contribution in [0.2, 0.25) is 0 Å². The maximum atomic E-state index is 11.3. The Balaban J connectivity index is 2.01. The molecule has 3 aliphatic rings. The molecule has 1 saturated carbocycles. The summed E-state index contributed by atoms with van der Waals surface area (Å²) in [7, 11) is -2.67. The van der Waals surface area contributed by atoms with Gasteiger partial charge in [-0.3, -0.25) is 0 Å². The lowest BCUT2D eigenvalue weighted by Crippen LogP contribution is -2.16. The normalized spacial score (nSPS) is 53.0. The Labute approximate surface area is 72.6 Å². The van der Waals surface area contributed by atoms with Crippen LogP contribution in [0.15, 0.2) is 12.2 Å². The maximum absolute atomic E-state index is 11.3. The first-order chi connectivity index (χ1) is 5.66. The molecule has 0 amide bonds. The van der Waals surface area contributed by atoms with E-state index in [1.165, 1.54) is 6.42 Å². The fourth-order valence-electron chi connectivity index (χ4n) is 3.18. The van der Waals surface area contributed by atoms with Crippen LogP contribution in [-0.4, -0.2) is 19.9 Å². The van der Waals surface area contributed by atoms with E-state index in [0.29, 0.717) is 35.2 Å². The molecule has 1 saturated heterocycles. The molecule has 0 aromatic rings. The summed E-state index contributed by atoms with van der Waals surface area (Å²) < 4.78 is 22.7. The Morgan fingerprint density at radius 2 is 1.50 bits per heavy atom. The third kappa shape index (κ3) is 0.777. The second-order valence-electron chi connectivity index (χ2n) is 4.35. The molecule has 12 heavy (non-hydrogen) atoms. The van der Waals surface area contributed by atoms with Crippen LogP contribution in [0.3, 0.4) is 0 Å². The van der Waals surface area contributed by atoms with E-state index >= 15 is 0 Å². The van der Waals surface area contributed by atoms with Crippen molar-refractivity contribution in [1.29, 1.82) is 0 Å². The fourth-order valence-corrected chi connectivity index (χ4v) is 5.47. The van der Waals surface area contributed by atoms with Gasteiger partial charge in [0, 0.05) is 0 Å². The minimum Gasteiger partial charge on any atom is -0.229 e. The van der Waals surface area contributed by atoms with Crippen LogP contribution in [0.25, 0.3) is 0 Å². The summed E-state index contributed by atoms with van der Waals surface area (Å²) in [5, 5.41) is 0. The lowest BCUT2D eigenvalue weighted by atomic mass is 9.86. The van der Waals surface area contributed by atoms with Crippen LogP contribution in [0.1, 0.15) is 6.42 Å². The zero-order valence-electron chi connectivity index (χ0n) is 6.81. The first kappa shape index (κ1) is 7.13. The van der Waals surface area contributed by atoms with Crippen LogP contribution < -0.4 is 0 Å². The molecule has 0 spiro atoms. The minimum atomic E-state index is -2.67. The highest BCUT2D eigenvalue weighted by molar-refractivity contribution is 7.91. The Hall–Kier alpha value is -0.310. The summed E-state index contributed by atoms with van der Waals surface area (Å²) in [5.41, 5.74) is 0. The molecule has 0 radical (unpaired) electrons. The van der Waals surface area contributed by atoms with Crippen LogP contribution >= 0.6 is 0 Å². The predicted molar refractivity (Wildman–Crippen MR) is 46.4 cm³/mol. The molecule has 4 atom stereocenters. The van der Waals surface area contributed by atoms with Crippen molar-refractivity contribution in [2.24, 2.45) is 23.7 Å². The number of sulfone groups is 1. The van der Waals surface area contributed by atoms with Gasteiger partial charge in [0.2, 0.25) is 0 Å². The van der Waals surface area contributed by atoms with E-state index in [-0.39, 0.29) is 0 Å². The van der Waals surface area contributed by atoms with Gasteiger partial charge in [0.25, 0.3) is 0 Å². The molecule has 0 unspecified atom stereocenters. The van der Waals surface area contributed by atoms with E-state index in [4.69, 9.17) is 0 Å². The van der Waals surface area contributed by atoms with Crippen LogP contribution in [0, 0.1) is 23.7 Å². The van der Waals surface area contributed by atoms with Crippen LogP contribution in [-0.2, 0) is 9.84 Å². The van der Waals surface area contributed by atoms with Crippen molar-refractivity contribution in [3.8, 4) is 0 Å². The van der Waals surface area contributed by atoms with Gasteiger partial charge < -0.3 is 0 Å².